The van der Waals surface area contributed by atoms with Gasteiger partial charge in [-0.1, -0.05) is 13.8 Å². The highest BCUT2D eigenvalue weighted by molar-refractivity contribution is 7.89. The van der Waals surface area contributed by atoms with Gasteiger partial charge in [0, 0.05) is 31.0 Å². The lowest BCUT2D eigenvalue weighted by Crippen LogP contribution is -2.34. The lowest BCUT2D eigenvalue weighted by molar-refractivity contribution is 0.270. The van der Waals surface area contributed by atoms with Crippen molar-refractivity contribution in [1.82, 2.24) is 8.87 Å². The Kier molecular flexibility index (Phi) is 4.88. The smallest absolute Gasteiger partial charge is 0.244 e. The molecule has 0 spiro atoms. The summed E-state index contributed by atoms with van der Waals surface area (Å²) in [5, 5.41) is 9.36. The minimum Gasteiger partial charge on any atom is -0.390 e. The molecule has 1 aromatic rings. The third-order valence-corrected chi connectivity index (χ3v) is 5.91. The molecule has 1 N–H and O–H groups in total. The minimum absolute atomic E-state index is 0.118. The van der Waals surface area contributed by atoms with Gasteiger partial charge in [0.1, 0.15) is 4.90 Å². The Morgan fingerprint density at radius 1 is 1.40 bits per heavy atom. The fourth-order valence-corrected chi connectivity index (χ4v) is 4.75. The van der Waals surface area contributed by atoms with Gasteiger partial charge in [0.25, 0.3) is 0 Å². The number of aryl methyl sites for hydroxylation is 1. The molecule has 0 bridgehead atoms. The summed E-state index contributed by atoms with van der Waals surface area (Å²) in [6.07, 6.45) is 5.29. The molecule has 1 atom stereocenters. The van der Waals surface area contributed by atoms with E-state index in [1.165, 1.54) is 0 Å². The van der Waals surface area contributed by atoms with Crippen molar-refractivity contribution in [1.29, 1.82) is 0 Å². The van der Waals surface area contributed by atoms with Crippen LogP contribution < -0.4 is 0 Å². The van der Waals surface area contributed by atoms with Crippen LogP contribution in [0.3, 0.4) is 0 Å². The van der Waals surface area contributed by atoms with E-state index < -0.39 is 10.0 Å². The fourth-order valence-electron chi connectivity index (χ4n) is 2.92. The highest BCUT2D eigenvalue weighted by atomic mass is 32.2. The van der Waals surface area contributed by atoms with Crippen molar-refractivity contribution in [3.8, 4) is 0 Å². The molecule has 1 aliphatic rings. The molecule has 114 valence electrons. The Bertz CT molecular complexity index is 551. The van der Waals surface area contributed by atoms with Crippen molar-refractivity contribution in [2.75, 3.05) is 6.54 Å². The molecule has 2 heterocycles. The number of hydrogen-bond donors (Lipinski definition) is 1. The van der Waals surface area contributed by atoms with Gasteiger partial charge in [0.2, 0.25) is 10.0 Å². The quantitative estimate of drug-likeness (QED) is 0.873. The Morgan fingerprint density at radius 3 is 2.75 bits per heavy atom. The zero-order chi connectivity index (χ0) is 14.8. The van der Waals surface area contributed by atoms with Crippen molar-refractivity contribution in [3.63, 3.8) is 0 Å². The number of sulfonamides is 1. The van der Waals surface area contributed by atoms with E-state index >= 15 is 0 Å². The van der Waals surface area contributed by atoms with Crippen LogP contribution in [-0.4, -0.2) is 35.0 Å². The van der Waals surface area contributed by atoms with Crippen molar-refractivity contribution in [2.45, 2.75) is 63.6 Å². The SMILES string of the molecule is CCCn1cc(S(=O)(=O)N2CCCC2CC)cc1CO. The topological polar surface area (TPSA) is 62.5 Å². The number of aliphatic hydroxyl groups excluding tert-OH is 1. The summed E-state index contributed by atoms with van der Waals surface area (Å²) in [5.41, 5.74) is 0.665. The lowest BCUT2D eigenvalue weighted by atomic mass is 10.2. The van der Waals surface area contributed by atoms with Crippen molar-refractivity contribution >= 4 is 10.0 Å². The highest BCUT2D eigenvalue weighted by Crippen LogP contribution is 2.28. The number of hydrogen-bond acceptors (Lipinski definition) is 3. The van der Waals surface area contributed by atoms with Crippen molar-refractivity contribution in [3.05, 3.63) is 18.0 Å². The molecule has 0 saturated carbocycles. The highest BCUT2D eigenvalue weighted by Gasteiger charge is 2.35. The predicted octanol–water partition coefficient (Wildman–Crippen LogP) is 1.95. The molecule has 0 aromatic carbocycles. The first kappa shape index (κ1) is 15.5. The van der Waals surface area contributed by atoms with E-state index in [1.54, 1.807) is 16.6 Å². The van der Waals surface area contributed by atoms with E-state index in [4.69, 9.17) is 0 Å². The van der Waals surface area contributed by atoms with Crippen molar-refractivity contribution in [2.24, 2.45) is 0 Å². The normalized spacial score (nSPS) is 20.6. The van der Waals surface area contributed by atoms with Crippen molar-refractivity contribution < 1.29 is 13.5 Å². The molecule has 5 nitrogen and oxygen atoms in total. The van der Waals surface area contributed by atoms with Gasteiger partial charge < -0.3 is 9.67 Å². The second-order valence-corrected chi connectivity index (χ2v) is 7.23. The molecule has 2 rings (SSSR count). The number of rotatable bonds is 6. The predicted molar refractivity (Wildman–Crippen MR) is 77.9 cm³/mol. The monoisotopic (exact) mass is 300 g/mol. The Balaban J connectivity index is 2.34. The van der Waals surface area contributed by atoms with E-state index in [1.807, 2.05) is 18.4 Å². The van der Waals surface area contributed by atoms with Gasteiger partial charge in [-0.05, 0) is 31.7 Å². The maximum absolute atomic E-state index is 12.7. The Morgan fingerprint density at radius 2 is 2.15 bits per heavy atom. The van der Waals surface area contributed by atoms with E-state index in [0.29, 0.717) is 17.1 Å². The summed E-state index contributed by atoms with van der Waals surface area (Å²) in [4.78, 5) is 0.315. The number of aromatic nitrogens is 1. The number of nitrogens with zero attached hydrogens (tertiary/aromatic N) is 2. The molecule has 1 aromatic heterocycles. The fraction of sp³-hybridized carbons (Fsp3) is 0.714. The van der Waals surface area contributed by atoms with Crippen LogP contribution in [0.5, 0.6) is 0 Å². The zero-order valence-electron chi connectivity index (χ0n) is 12.2. The van der Waals surface area contributed by atoms with Gasteiger partial charge in [0.05, 0.1) is 6.61 Å². The van der Waals surface area contributed by atoms with Gasteiger partial charge in [0.15, 0.2) is 0 Å². The molecule has 20 heavy (non-hydrogen) atoms. The second kappa shape index (κ2) is 6.28. The molecule has 0 aliphatic carbocycles. The van der Waals surface area contributed by atoms with Crippen LogP contribution in [0.4, 0.5) is 0 Å². The largest absolute Gasteiger partial charge is 0.390 e. The molecule has 1 fully saturated rings. The maximum Gasteiger partial charge on any atom is 0.244 e. The summed E-state index contributed by atoms with van der Waals surface area (Å²) >= 11 is 0. The Labute approximate surface area is 121 Å². The van der Waals surface area contributed by atoms with Gasteiger partial charge >= 0.3 is 0 Å². The lowest BCUT2D eigenvalue weighted by Gasteiger charge is -2.22. The van der Waals surface area contributed by atoms with Crippen LogP contribution in [-0.2, 0) is 23.2 Å². The first-order valence-corrected chi connectivity index (χ1v) is 8.80. The molecule has 0 radical (unpaired) electrons. The Hall–Kier alpha value is -0.850. The van der Waals surface area contributed by atoms with E-state index in [2.05, 4.69) is 0 Å². The number of aliphatic hydroxyl groups is 1. The summed E-state index contributed by atoms with van der Waals surface area (Å²) in [7, 11) is -3.43. The van der Waals surface area contributed by atoms with E-state index in [0.717, 1.165) is 32.2 Å². The van der Waals surface area contributed by atoms with Crippen LogP contribution >= 0.6 is 0 Å². The van der Waals surface area contributed by atoms with Crippen LogP contribution in [0.1, 0.15) is 45.2 Å². The summed E-state index contributed by atoms with van der Waals surface area (Å²) in [6.45, 7) is 5.26. The van der Waals surface area contributed by atoms with Crippen LogP contribution in [0.25, 0.3) is 0 Å². The standard InChI is InChI=1S/C14H24N2O3S/c1-3-7-15-10-14(9-13(15)11-17)20(18,19)16-8-5-6-12(16)4-2/h9-10,12,17H,3-8,11H2,1-2H3. The third-order valence-electron chi connectivity index (χ3n) is 3.99. The summed E-state index contributed by atoms with van der Waals surface area (Å²) in [6, 6.07) is 1.72. The van der Waals surface area contributed by atoms with Crippen LogP contribution in [0, 0.1) is 0 Å². The third kappa shape index (κ3) is 2.77. The molecular weight excluding hydrogens is 276 g/mol. The molecule has 0 amide bonds. The summed E-state index contributed by atoms with van der Waals surface area (Å²) in [5.74, 6) is 0. The summed E-state index contributed by atoms with van der Waals surface area (Å²) < 4.78 is 28.9. The molecule has 1 aliphatic heterocycles. The van der Waals surface area contributed by atoms with Crippen LogP contribution in [0.2, 0.25) is 0 Å². The first-order chi connectivity index (χ1) is 9.54. The zero-order valence-corrected chi connectivity index (χ0v) is 13.1. The molecular formula is C14H24N2O3S. The van der Waals surface area contributed by atoms with Gasteiger partial charge in [-0.3, -0.25) is 0 Å². The minimum atomic E-state index is -3.43. The maximum atomic E-state index is 12.7. The van der Waals surface area contributed by atoms with Gasteiger partial charge in [-0.15, -0.1) is 0 Å². The average molecular weight is 300 g/mol. The van der Waals surface area contributed by atoms with Crippen LogP contribution in [0.15, 0.2) is 17.2 Å². The van der Waals surface area contributed by atoms with Gasteiger partial charge in [-0.25, -0.2) is 8.42 Å². The van der Waals surface area contributed by atoms with E-state index in [-0.39, 0.29) is 12.6 Å². The second-order valence-electron chi connectivity index (χ2n) is 5.34. The molecule has 1 unspecified atom stereocenters. The first-order valence-electron chi connectivity index (χ1n) is 7.36. The molecule has 6 heteroatoms. The molecule has 1 saturated heterocycles. The average Bonchev–Trinajstić information content (AvgIpc) is 3.05. The van der Waals surface area contributed by atoms with Gasteiger partial charge in [-0.2, -0.15) is 4.31 Å². The van der Waals surface area contributed by atoms with E-state index in [9.17, 15) is 13.5 Å².